The van der Waals surface area contributed by atoms with E-state index in [9.17, 15) is 22.8 Å². The maximum Gasteiger partial charge on any atom is 0.266 e. The molecule has 0 saturated heterocycles. The van der Waals surface area contributed by atoms with Crippen molar-refractivity contribution >= 4 is 34.3 Å². The monoisotopic (exact) mass is 455 g/mol. The lowest BCUT2D eigenvalue weighted by Crippen LogP contribution is -2.26. The van der Waals surface area contributed by atoms with Gasteiger partial charge in [0.25, 0.3) is 5.56 Å². The van der Waals surface area contributed by atoms with Gasteiger partial charge in [0.05, 0.1) is 21.8 Å². The highest BCUT2D eigenvalue weighted by atomic mass is 32.2. The maximum absolute atomic E-state index is 14.6. The van der Waals surface area contributed by atoms with Crippen LogP contribution in [0.15, 0.2) is 76.7 Å². The van der Waals surface area contributed by atoms with Gasteiger partial charge in [-0.05, 0) is 55.5 Å². The van der Waals surface area contributed by atoms with Crippen LogP contribution < -0.4 is 10.9 Å². The van der Waals surface area contributed by atoms with Gasteiger partial charge >= 0.3 is 0 Å². The highest BCUT2D eigenvalue weighted by Gasteiger charge is 2.22. The van der Waals surface area contributed by atoms with E-state index in [2.05, 4.69) is 10.3 Å². The third kappa shape index (κ3) is 4.38. The molecule has 1 N–H and O–H groups in total. The number of hydrogen-bond acceptors (Lipinski definition) is 4. The smallest absolute Gasteiger partial charge is 0.266 e. The fraction of sp³-hybridized carbons (Fsp3) is 0.0870. The molecule has 5 nitrogen and oxygen atoms in total. The van der Waals surface area contributed by atoms with Gasteiger partial charge in [-0.15, -0.1) is 0 Å². The Bertz CT molecular complexity index is 1370. The molecule has 0 saturated carbocycles. The first-order valence-corrected chi connectivity index (χ1v) is 10.4. The number of carbonyl (C=O) groups excluding carboxylic acids is 1. The van der Waals surface area contributed by atoms with Gasteiger partial charge in [-0.1, -0.05) is 23.9 Å². The second-order valence-corrected chi connectivity index (χ2v) is 8.21. The Morgan fingerprint density at radius 2 is 1.69 bits per heavy atom. The lowest BCUT2D eigenvalue weighted by Gasteiger charge is -2.17. The van der Waals surface area contributed by atoms with Crippen LogP contribution in [-0.4, -0.2) is 20.7 Å². The molecular formula is C23H16F3N3O2S. The fourth-order valence-electron chi connectivity index (χ4n) is 3.06. The largest absolute Gasteiger partial charge is 0.325 e. The van der Waals surface area contributed by atoms with Crippen molar-refractivity contribution in [3.63, 3.8) is 0 Å². The summed E-state index contributed by atoms with van der Waals surface area (Å²) >= 11 is 0.943. The molecule has 32 heavy (non-hydrogen) atoms. The Hall–Kier alpha value is -3.59. The number of thioether (sulfide) groups is 1. The molecule has 0 aliphatic carbocycles. The normalized spacial score (nSPS) is 12.0. The average molecular weight is 455 g/mol. The Balaban J connectivity index is 1.74. The quantitative estimate of drug-likeness (QED) is 0.343. The number of rotatable bonds is 5. The minimum absolute atomic E-state index is 0.0703. The number of nitrogens with zero attached hydrogens (tertiary/aromatic N) is 2. The Morgan fingerprint density at radius 3 is 2.41 bits per heavy atom. The molecule has 1 aromatic heterocycles. The van der Waals surface area contributed by atoms with Crippen LogP contribution in [0.5, 0.6) is 0 Å². The molecule has 162 valence electrons. The third-order valence-corrected chi connectivity index (χ3v) is 5.71. The number of benzene rings is 3. The highest BCUT2D eigenvalue weighted by Crippen LogP contribution is 2.27. The minimum Gasteiger partial charge on any atom is -0.325 e. The summed E-state index contributed by atoms with van der Waals surface area (Å²) in [6, 6.07) is 14.7. The number of hydrogen-bond donors (Lipinski definition) is 1. The molecule has 4 rings (SSSR count). The first-order valence-electron chi connectivity index (χ1n) is 9.54. The van der Waals surface area contributed by atoms with Crippen LogP contribution >= 0.6 is 11.8 Å². The second-order valence-electron chi connectivity index (χ2n) is 6.90. The number of amides is 1. The summed E-state index contributed by atoms with van der Waals surface area (Å²) in [7, 11) is 0. The second kappa shape index (κ2) is 8.88. The molecule has 1 atom stereocenters. The Morgan fingerprint density at radius 1 is 1.00 bits per heavy atom. The van der Waals surface area contributed by atoms with E-state index in [4.69, 9.17) is 0 Å². The van der Waals surface area contributed by atoms with Gasteiger partial charge in [0.15, 0.2) is 5.16 Å². The van der Waals surface area contributed by atoms with Crippen molar-refractivity contribution in [1.29, 1.82) is 0 Å². The van der Waals surface area contributed by atoms with E-state index in [-0.39, 0.29) is 16.2 Å². The molecule has 9 heteroatoms. The number of aromatic nitrogens is 2. The van der Waals surface area contributed by atoms with Gasteiger partial charge in [0.2, 0.25) is 5.91 Å². The molecule has 1 amide bonds. The third-order valence-electron chi connectivity index (χ3n) is 4.66. The number of fused-ring (bicyclic) bond motifs is 1. The van der Waals surface area contributed by atoms with E-state index < -0.39 is 34.2 Å². The maximum atomic E-state index is 14.6. The minimum atomic E-state index is -0.936. The van der Waals surface area contributed by atoms with Crippen molar-refractivity contribution in [3.8, 4) is 5.69 Å². The van der Waals surface area contributed by atoms with Crippen molar-refractivity contribution in [1.82, 2.24) is 9.55 Å². The summed E-state index contributed by atoms with van der Waals surface area (Å²) in [6.07, 6.45) is 0. The summed E-state index contributed by atoms with van der Waals surface area (Å²) < 4.78 is 42.1. The molecule has 0 aliphatic heterocycles. The van der Waals surface area contributed by atoms with E-state index in [0.717, 1.165) is 28.5 Å². The standard InChI is InChI=1S/C23H16F3N3O2S/c1-13(21(30)27-16-9-6-14(24)7-10-16)32-23-28-19-5-3-2-4-17(19)22(31)29(23)20-11-8-15(25)12-18(20)26/h2-13H,1H3,(H,27,30). The number of carbonyl (C=O) groups is 1. The predicted octanol–water partition coefficient (Wildman–Crippen LogP) is 4.92. The van der Waals surface area contributed by atoms with E-state index in [1.54, 1.807) is 31.2 Å². The van der Waals surface area contributed by atoms with E-state index in [1.807, 2.05) is 0 Å². The lowest BCUT2D eigenvalue weighted by atomic mass is 10.2. The molecule has 0 bridgehead atoms. The number of nitrogens with one attached hydrogen (secondary N) is 1. The van der Waals surface area contributed by atoms with Gasteiger partial charge in [0.1, 0.15) is 17.5 Å². The van der Waals surface area contributed by atoms with Crippen molar-refractivity contribution in [2.45, 2.75) is 17.3 Å². The van der Waals surface area contributed by atoms with E-state index in [0.29, 0.717) is 17.3 Å². The van der Waals surface area contributed by atoms with Crippen LogP contribution in [0.25, 0.3) is 16.6 Å². The topological polar surface area (TPSA) is 64.0 Å². The summed E-state index contributed by atoms with van der Waals surface area (Å²) in [5.41, 5.74) is 0.0558. The zero-order valence-electron chi connectivity index (χ0n) is 16.7. The molecule has 0 aliphatic rings. The zero-order chi connectivity index (χ0) is 22.8. The van der Waals surface area contributed by atoms with Crippen LogP contribution in [0, 0.1) is 17.5 Å². The molecular weight excluding hydrogens is 439 g/mol. The molecule has 0 radical (unpaired) electrons. The highest BCUT2D eigenvalue weighted by molar-refractivity contribution is 8.00. The van der Waals surface area contributed by atoms with Gasteiger partial charge in [-0.2, -0.15) is 0 Å². The first kappa shape index (κ1) is 21.6. The van der Waals surface area contributed by atoms with Crippen LogP contribution in [-0.2, 0) is 4.79 Å². The first-order chi connectivity index (χ1) is 15.3. The van der Waals surface area contributed by atoms with Crippen molar-refractivity contribution in [2.75, 3.05) is 5.32 Å². The molecule has 1 unspecified atom stereocenters. The van der Waals surface area contributed by atoms with Crippen LogP contribution in [0.2, 0.25) is 0 Å². The van der Waals surface area contributed by atoms with Gasteiger partial charge in [-0.25, -0.2) is 18.2 Å². The Kier molecular flexibility index (Phi) is 6.00. The lowest BCUT2D eigenvalue weighted by molar-refractivity contribution is -0.115. The Labute approximate surface area is 184 Å². The van der Waals surface area contributed by atoms with Crippen LogP contribution in [0.4, 0.5) is 18.9 Å². The summed E-state index contributed by atoms with van der Waals surface area (Å²) in [6.45, 7) is 1.59. The summed E-state index contributed by atoms with van der Waals surface area (Å²) in [5.74, 6) is -2.57. The van der Waals surface area contributed by atoms with Crippen LogP contribution in [0.1, 0.15) is 6.92 Å². The predicted molar refractivity (Wildman–Crippen MR) is 118 cm³/mol. The molecule has 4 aromatic rings. The molecule has 1 heterocycles. The SMILES string of the molecule is CC(Sc1nc2ccccc2c(=O)n1-c1ccc(F)cc1F)C(=O)Nc1ccc(F)cc1. The van der Waals surface area contributed by atoms with Crippen LogP contribution in [0.3, 0.4) is 0 Å². The van der Waals surface area contributed by atoms with E-state index >= 15 is 0 Å². The van der Waals surface area contributed by atoms with Crippen molar-refractivity contribution < 1.29 is 18.0 Å². The number of para-hydroxylation sites is 1. The van der Waals surface area contributed by atoms with Crippen molar-refractivity contribution in [3.05, 3.63) is 94.5 Å². The molecule has 3 aromatic carbocycles. The fourth-order valence-corrected chi connectivity index (χ4v) is 3.98. The summed E-state index contributed by atoms with van der Waals surface area (Å²) in [4.78, 5) is 30.3. The average Bonchev–Trinajstić information content (AvgIpc) is 2.76. The van der Waals surface area contributed by atoms with Gasteiger partial charge < -0.3 is 5.32 Å². The number of halogens is 3. The number of anilines is 1. The molecule has 0 fully saturated rings. The molecule has 0 spiro atoms. The zero-order valence-corrected chi connectivity index (χ0v) is 17.5. The van der Waals surface area contributed by atoms with Crippen molar-refractivity contribution in [2.24, 2.45) is 0 Å². The summed E-state index contributed by atoms with van der Waals surface area (Å²) in [5, 5.41) is 2.23. The van der Waals surface area contributed by atoms with Gasteiger partial charge in [0, 0.05) is 11.8 Å². The van der Waals surface area contributed by atoms with E-state index in [1.165, 1.54) is 24.3 Å². The van der Waals surface area contributed by atoms with Gasteiger partial charge in [-0.3, -0.25) is 14.2 Å².